The van der Waals surface area contributed by atoms with E-state index in [9.17, 15) is 4.79 Å². The average Bonchev–Trinajstić information content (AvgIpc) is 3.35. The molecule has 4 rings (SSSR count). The highest BCUT2D eigenvalue weighted by Gasteiger charge is 2.39. The van der Waals surface area contributed by atoms with Gasteiger partial charge in [-0.05, 0) is 66.3 Å². The number of nitrogens with one attached hydrogen (secondary N) is 1. The van der Waals surface area contributed by atoms with Crippen LogP contribution in [-0.4, -0.2) is 64.3 Å². The number of methoxy groups -OCH3 is 1. The molecule has 0 aliphatic carbocycles. The molecule has 2 aliphatic rings. The van der Waals surface area contributed by atoms with E-state index >= 15 is 0 Å². The van der Waals surface area contributed by atoms with E-state index < -0.39 is 6.04 Å². The monoisotopic (exact) mass is 384 g/mol. The number of rotatable bonds is 5. The van der Waals surface area contributed by atoms with Crippen LogP contribution in [0.15, 0.2) is 24.3 Å². The summed E-state index contributed by atoms with van der Waals surface area (Å²) in [5.41, 5.74) is 1.41. The molecule has 2 fully saturated rings. The molecule has 1 N–H and O–H groups in total. The molecule has 28 heavy (non-hydrogen) atoms. The van der Waals surface area contributed by atoms with Crippen molar-refractivity contribution in [2.75, 3.05) is 33.3 Å². The van der Waals surface area contributed by atoms with Gasteiger partial charge in [0.05, 0.1) is 7.11 Å². The number of hydrogen-bond acceptors (Lipinski definition) is 6. The van der Waals surface area contributed by atoms with Gasteiger partial charge in [0.25, 0.3) is 0 Å². The number of carbonyl (C=O) groups is 1. The number of nitrogens with zero attached hydrogens (tertiary/aromatic N) is 5. The van der Waals surface area contributed by atoms with Crippen LogP contribution in [0.1, 0.15) is 36.7 Å². The van der Waals surface area contributed by atoms with E-state index in [-0.39, 0.29) is 5.91 Å². The molecule has 8 heteroatoms. The lowest BCUT2D eigenvalue weighted by atomic mass is 9.77. The Morgan fingerprint density at radius 3 is 2.79 bits per heavy atom. The maximum atomic E-state index is 13.5. The summed E-state index contributed by atoms with van der Waals surface area (Å²) in [5, 5.41) is 15.3. The third-order valence-corrected chi connectivity index (χ3v) is 6.27. The first kappa shape index (κ1) is 18.9. The van der Waals surface area contributed by atoms with Crippen molar-refractivity contribution in [2.24, 2.45) is 5.41 Å². The zero-order valence-corrected chi connectivity index (χ0v) is 16.6. The number of tetrazole rings is 1. The quantitative estimate of drug-likeness (QED) is 0.838. The Bertz CT molecular complexity index is 820. The van der Waals surface area contributed by atoms with Crippen molar-refractivity contribution in [3.8, 4) is 5.75 Å². The topological polar surface area (TPSA) is 85.2 Å². The molecular weight excluding hydrogens is 356 g/mol. The summed E-state index contributed by atoms with van der Waals surface area (Å²) in [6.07, 6.45) is 3.87. The molecule has 0 bridgehead atoms. The smallest absolute Gasteiger partial charge is 0.247 e. The Balaban J connectivity index is 1.53. The third-order valence-electron chi connectivity index (χ3n) is 6.27. The molecule has 2 aliphatic heterocycles. The van der Waals surface area contributed by atoms with Crippen LogP contribution in [0.2, 0.25) is 0 Å². The number of hydrogen-bond donors (Lipinski definition) is 1. The van der Waals surface area contributed by atoms with Crippen molar-refractivity contribution in [1.82, 2.24) is 30.4 Å². The largest absolute Gasteiger partial charge is 0.497 e. The van der Waals surface area contributed by atoms with Gasteiger partial charge in [-0.2, -0.15) is 0 Å². The van der Waals surface area contributed by atoms with Crippen molar-refractivity contribution in [3.63, 3.8) is 0 Å². The highest BCUT2D eigenvalue weighted by atomic mass is 16.5. The minimum Gasteiger partial charge on any atom is -0.497 e. The fraction of sp³-hybridized carbons (Fsp3) is 0.600. The first-order chi connectivity index (χ1) is 13.6. The van der Waals surface area contributed by atoms with Crippen molar-refractivity contribution < 1.29 is 9.53 Å². The second kappa shape index (κ2) is 7.87. The molecule has 1 aromatic heterocycles. The fourth-order valence-electron chi connectivity index (χ4n) is 4.46. The summed E-state index contributed by atoms with van der Waals surface area (Å²) < 4.78 is 6.99. The van der Waals surface area contributed by atoms with Crippen LogP contribution < -0.4 is 10.1 Å². The van der Waals surface area contributed by atoms with E-state index in [4.69, 9.17) is 4.74 Å². The Hall–Kier alpha value is -2.48. The summed E-state index contributed by atoms with van der Waals surface area (Å²) in [7, 11) is 1.65. The molecule has 1 atom stereocenters. The molecule has 1 unspecified atom stereocenters. The van der Waals surface area contributed by atoms with Gasteiger partial charge < -0.3 is 15.0 Å². The van der Waals surface area contributed by atoms with Crippen molar-refractivity contribution in [1.29, 1.82) is 0 Å². The second-order valence-electron chi connectivity index (χ2n) is 7.99. The Kier molecular flexibility index (Phi) is 5.30. The Morgan fingerprint density at radius 1 is 1.32 bits per heavy atom. The zero-order valence-electron chi connectivity index (χ0n) is 16.6. The highest BCUT2D eigenvalue weighted by molar-refractivity contribution is 5.81. The van der Waals surface area contributed by atoms with Crippen molar-refractivity contribution in [3.05, 3.63) is 35.7 Å². The van der Waals surface area contributed by atoms with Crippen LogP contribution in [0.5, 0.6) is 5.75 Å². The van der Waals surface area contributed by atoms with E-state index in [2.05, 4.69) is 20.8 Å². The molecule has 8 nitrogen and oxygen atoms in total. The third kappa shape index (κ3) is 3.73. The normalized spacial score (nSPS) is 19.7. The lowest BCUT2D eigenvalue weighted by Gasteiger charge is -2.40. The minimum absolute atomic E-state index is 0.0963. The number of piperidine rings is 1. The van der Waals surface area contributed by atoms with Crippen LogP contribution in [0, 0.1) is 12.3 Å². The molecule has 150 valence electrons. The molecule has 1 amide bonds. The van der Waals surface area contributed by atoms with Crippen LogP contribution in [0.25, 0.3) is 0 Å². The molecule has 0 saturated carbocycles. The van der Waals surface area contributed by atoms with E-state index in [0.717, 1.165) is 50.3 Å². The van der Waals surface area contributed by atoms with Gasteiger partial charge in [0.2, 0.25) is 5.91 Å². The van der Waals surface area contributed by atoms with Gasteiger partial charge in [-0.15, -0.1) is 5.10 Å². The summed E-state index contributed by atoms with van der Waals surface area (Å²) in [4.78, 5) is 15.5. The van der Waals surface area contributed by atoms with Crippen LogP contribution in [0.4, 0.5) is 0 Å². The number of benzene rings is 1. The molecule has 2 saturated heterocycles. The van der Waals surface area contributed by atoms with Crippen LogP contribution in [0.3, 0.4) is 0 Å². The zero-order chi connectivity index (χ0) is 19.6. The van der Waals surface area contributed by atoms with Crippen molar-refractivity contribution >= 4 is 5.91 Å². The fourth-order valence-corrected chi connectivity index (χ4v) is 4.46. The molecule has 3 heterocycles. The Morgan fingerprint density at radius 2 is 2.14 bits per heavy atom. The number of ether oxygens (including phenoxy) is 1. The summed E-state index contributed by atoms with van der Waals surface area (Å²) in [6, 6.07) is 7.38. The van der Waals surface area contributed by atoms with Gasteiger partial charge in [0.1, 0.15) is 17.6 Å². The SMILES string of the molecule is COc1cccc(CC(C(=O)N2CCC3(CCNC3)CC2)n2nnnc2C)c1. The molecule has 1 spiro atoms. The van der Waals surface area contributed by atoms with E-state index in [1.165, 1.54) is 6.42 Å². The number of likely N-dealkylation sites (tertiary alicyclic amines) is 1. The first-order valence-electron chi connectivity index (χ1n) is 9.97. The number of aromatic nitrogens is 4. The lowest BCUT2D eigenvalue weighted by molar-refractivity contribution is -0.137. The van der Waals surface area contributed by atoms with Crippen molar-refractivity contribution in [2.45, 2.75) is 38.6 Å². The lowest BCUT2D eigenvalue weighted by Crippen LogP contribution is -2.47. The number of amides is 1. The van der Waals surface area contributed by atoms with Crippen LogP contribution >= 0.6 is 0 Å². The maximum Gasteiger partial charge on any atom is 0.247 e. The van der Waals surface area contributed by atoms with Gasteiger partial charge in [-0.25, -0.2) is 4.68 Å². The second-order valence-corrected chi connectivity index (χ2v) is 7.99. The number of aryl methyl sites for hydroxylation is 1. The first-order valence-corrected chi connectivity index (χ1v) is 9.97. The van der Waals surface area contributed by atoms with E-state index in [0.29, 0.717) is 17.7 Å². The van der Waals surface area contributed by atoms with Gasteiger partial charge >= 0.3 is 0 Å². The van der Waals surface area contributed by atoms with E-state index in [1.807, 2.05) is 36.1 Å². The summed E-state index contributed by atoms with van der Waals surface area (Å²) in [6.45, 7) is 5.61. The molecular formula is C20H28N6O2. The summed E-state index contributed by atoms with van der Waals surface area (Å²) >= 11 is 0. The van der Waals surface area contributed by atoms with Gasteiger partial charge in [0.15, 0.2) is 0 Å². The highest BCUT2D eigenvalue weighted by Crippen LogP contribution is 2.37. The number of carbonyl (C=O) groups excluding carboxylic acids is 1. The standard InChI is InChI=1S/C20H28N6O2/c1-15-22-23-24-26(15)18(13-16-4-3-5-17(12-16)28-2)19(27)25-10-7-20(8-11-25)6-9-21-14-20/h3-5,12,18,21H,6-11,13-14H2,1-2H3. The van der Waals surface area contributed by atoms with Gasteiger partial charge in [-0.1, -0.05) is 12.1 Å². The van der Waals surface area contributed by atoms with Gasteiger partial charge in [-0.3, -0.25) is 4.79 Å². The Labute approximate surface area is 165 Å². The predicted octanol–water partition coefficient (Wildman–Crippen LogP) is 1.38. The predicted molar refractivity (Wildman–Crippen MR) is 104 cm³/mol. The van der Waals surface area contributed by atoms with Gasteiger partial charge in [0, 0.05) is 26.1 Å². The molecule has 1 aromatic carbocycles. The maximum absolute atomic E-state index is 13.5. The van der Waals surface area contributed by atoms with E-state index in [1.54, 1.807) is 11.8 Å². The molecule has 2 aromatic rings. The average molecular weight is 384 g/mol. The minimum atomic E-state index is -0.446. The van der Waals surface area contributed by atoms with Crippen LogP contribution in [-0.2, 0) is 11.2 Å². The molecule has 0 radical (unpaired) electrons. The summed E-state index contributed by atoms with van der Waals surface area (Å²) in [5.74, 6) is 1.53.